The molecule has 4 atom stereocenters. The molecule has 4 unspecified atom stereocenters. The minimum Gasteiger partial charge on any atom is -0.335 e. The van der Waals surface area contributed by atoms with Gasteiger partial charge in [-0.3, -0.25) is 0 Å². The highest BCUT2D eigenvalue weighted by Crippen LogP contribution is 2.75. The molecule has 21 heavy (non-hydrogen) atoms. The molecule has 1 aromatic rings. The van der Waals surface area contributed by atoms with Gasteiger partial charge in [0.1, 0.15) is 0 Å². The van der Waals surface area contributed by atoms with Gasteiger partial charge in [0.2, 0.25) is 0 Å². The molecule has 5 rings (SSSR count). The van der Waals surface area contributed by atoms with Crippen molar-refractivity contribution in [3.8, 4) is 0 Å². The largest absolute Gasteiger partial charge is 0.335 e. The number of rotatable bonds is 2. The lowest BCUT2D eigenvalue weighted by Gasteiger charge is -2.49. The van der Waals surface area contributed by atoms with E-state index in [2.05, 4.69) is 10.6 Å². The number of nitrogens with one attached hydrogen (secondary N) is 2. The van der Waals surface area contributed by atoms with E-state index in [9.17, 15) is 4.79 Å². The van der Waals surface area contributed by atoms with E-state index in [-0.39, 0.29) is 6.03 Å². The summed E-state index contributed by atoms with van der Waals surface area (Å²) < 4.78 is 0. The van der Waals surface area contributed by atoms with Crippen LogP contribution < -0.4 is 10.6 Å². The SMILES string of the molecule is O=C(Nc1ccccc1)NC1C2CC3CC4CC1CC34C2. The molecule has 1 spiro atoms. The minimum atomic E-state index is -0.0221. The van der Waals surface area contributed by atoms with Crippen molar-refractivity contribution >= 4 is 11.7 Å². The Kier molecular flexibility index (Phi) is 2.31. The van der Waals surface area contributed by atoms with Crippen molar-refractivity contribution in [2.75, 3.05) is 5.32 Å². The Balaban J connectivity index is 1.30. The van der Waals surface area contributed by atoms with Crippen molar-refractivity contribution in [2.24, 2.45) is 29.1 Å². The summed E-state index contributed by atoms with van der Waals surface area (Å²) >= 11 is 0. The van der Waals surface area contributed by atoms with Crippen LogP contribution in [0.1, 0.15) is 32.1 Å². The van der Waals surface area contributed by atoms with Crippen molar-refractivity contribution in [1.82, 2.24) is 5.32 Å². The number of carbonyl (C=O) groups is 1. The van der Waals surface area contributed by atoms with Gasteiger partial charge < -0.3 is 10.6 Å². The molecule has 3 heteroatoms. The summed E-state index contributed by atoms with van der Waals surface area (Å²) in [6.45, 7) is 0. The first-order valence-electron chi connectivity index (χ1n) is 8.37. The third-order valence-corrected chi connectivity index (χ3v) is 7.00. The zero-order valence-electron chi connectivity index (χ0n) is 12.2. The second-order valence-electron chi connectivity index (χ2n) is 7.75. The summed E-state index contributed by atoms with van der Waals surface area (Å²) in [6.07, 6.45) is 6.98. The number of anilines is 1. The molecule has 4 fully saturated rings. The van der Waals surface area contributed by atoms with Crippen molar-refractivity contribution in [1.29, 1.82) is 0 Å². The Hall–Kier alpha value is -1.51. The Morgan fingerprint density at radius 1 is 1.00 bits per heavy atom. The van der Waals surface area contributed by atoms with E-state index in [0.29, 0.717) is 6.04 Å². The molecule has 4 aliphatic carbocycles. The molecule has 0 heterocycles. The van der Waals surface area contributed by atoms with E-state index < -0.39 is 0 Å². The zero-order valence-corrected chi connectivity index (χ0v) is 12.2. The Bertz CT molecular complexity index is 560. The fraction of sp³-hybridized carbons (Fsp3) is 0.611. The average Bonchev–Trinajstić information content (AvgIpc) is 2.86. The minimum absolute atomic E-state index is 0.0221. The third-order valence-electron chi connectivity index (χ3n) is 7.00. The molecule has 4 aliphatic rings. The van der Waals surface area contributed by atoms with E-state index in [1.165, 1.54) is 32.1 Å². The molecule has 0 saturated heterocycles. The van der Waals surface area contributed by atoms with Crippen molar-refractivity contribution < 1.29 is 4.79 Å². The maximum atomic E-state index is 12.3. The van der Waals surface area contributed by atoms with Gasteiger partial charge in [0, 0.05) is 11.7 Å². The van der Waals surface area contributed by atoms with Gasteiger partial charge in [-0.25, -0.2) is 4.79 Å². The second kappa shape index (κ2) is 4.02. The molecule has 1 aromatic carbocycles. The van der Waals surface area contributed by atoms with E-state index in [1.807, 2.05) is 30.3 Å². The van der Waals surface area contributed by atoms with Crippen LogP contribution in [0, 0.1) is 29.1 Å². The topological polar surface area (TPSA) is 41.1 Å². The summed E-state index contributed by atoms with van der Waals surface area (Å²) in [5, 5.41) is 6.29. The predicted molar refractivity (Wildman–Crippen MR) is 81.9 cm³/mol. The van der Waals surface area contributed by atoms with Gasteiger partial charge in [-0.05, 0) is 73.3 Å². The fourth-order valence-electron chi connectivity index (χ4n) is 6.28. The van der Waals surface area contributed by atoms with E-state index >= 15 is 0 Å². The molecule has 2 N–H and O–H groups in total. The zero-order chi connectivity index (χ0) is 14.0. The van der Waals surface area contributed by atoms with Crippen LogP contribution >= 0.6 is 0 Å². The summed E-state index contributed by atoms with van der Waals surface area (Å²) in [5.74, 6) is 3.45. The highest BCUT2D eigenvalue weighted by atomic mass is 16.2. The highest BCUT2D eigenvalue weighted by Gasteiger charge is 2.69. The first kappa shape index (κ1) is 12.1. The standard InChI is InChI=1S/C18H22N2O/c21-17(19-15-4-2-1-3-5-15)20-16-11-6-13-8-14-7-12(16)10-18(13,14)9-11/h1-5,11-14,16H,6-10H2,(H2,19,20,21). The fourth-order valence-corrected chi connectivity index (χ4v) is 6.28. The molecule has 110 valence electrons. The maximum Gasteiger partial charge on any atom is 0.319 e. The van der Waals surface area contributed by atoms with Crippen LogP contribution in [-0.4, -0.2) is 12.1 Å². The number of amides is 2. The smallest absolute Gasteiger partial charge is 0.319 e. The van der Waals surface area contributed by atoms with Crippen LogP contribution in [0.4, 0.5) is 10.5 Å². The predicted octanol–water partition coefficient (Wildman–Crippen LogP) is 3.63. The lowest BCUT2D eigenvalue weighted by atomic mass is 9.56. The lowest BCUT2D eigenvalue weighted by Crippen LogP contribution is -2.48. The van der Waals surface area contributed by atoms with Crippen LogP contribution in [0.3, 0.4) is 0 Å². The number of hydrogen-bond donors (Lipinski definition) is 2. The Morgan fingerprint density at radius 2 is 1.67 bits per heavy atom. The van der Waals surface area contributed by atoms with Gasteiger partial charge in [-0.2, -0.15) is 0 Å². The van der Waals surface area contributed by atoms with Gasteiger partial charge in [0.15, 0.2) is 0 Å². The van der Waals surface area contributed by atoms with Gasteiger partial charge in [0.25, 0.3) is 0 Å². The van der Waals surface area contributed by atoms with Crippen molar-refractivity contribution in [3.05, 3.63) is 30.3 Å². The molecule has 0 aliphatic heterocycles. The lowest BCUT2D eigenvalue weighted by molar-refractivity contribution is -0.000315. The Labute approximate surface area is 125 Å². The third kappa shape index (κ3) is 1.58. The van der Waals surface area contributed by atoms with Crippen LogP contribution in [0.15, 0.2) is 30.3 Å². The van der Waals surface area contributed by atoms with Crippen LogP contribution in [0.5, 0.6) is 0 Å². The average molecular weight is 282 g/mol. The number of para-hydroxylation sites is 1. The summed E-state index contributed by atoms with van der Waals surface area (Å²) in [4.78, 5) is 12.3. The molecular weight excluding hydrogens is 260 g/mol. The van der Waals surface area contributed by atoms with Gasteiger partial charge in [-0.1, -0.05) is 18.2 Å². The summed E-state index contributed by atoms with van der Waals surface area (Å²) in [6, 6.07) is 10.1. The molecule has 4 saturated carbocycles. The van der Waals surface area contributed by atoms with Crippen molar-refractivity contribution in [2.45, 2.75) is 38.1 Å². The van der Waals surface area contributed by atoms with Crippen molar-refractivity contribution in [3.63, 3.8) is 0 Å². The van der Waals surface area contributed by atoms with Crippen LogP contribution in [0.25, 0.3) is 0 Å². The number of urea groups is 1. The van der Waals surface area contributed by atoms with Crippen LogP contribution in [0.2, 0.25) is 0 Å². The van der Waals surface area contributed by atoms with E-state index in [0.717, 1.165) is 34.8 Å². The van der Waals surface area contributed by atoms with Crippen LogP contribution in [-0.2, 0) is 0 Å². The molecule has 0 aromatic heterocycles. The maximum absolute atomic E-state index is 12.3. The quantitative estimate of drug-likeness (QED) is 0.854. The van der Waals surface area contributed by atoms with Gasteiger partial charge in [0.05, 0.1) is 0 Å². The van der Waals surface area contributed by atoms with Gasteiger partial charge >= 0.3 is 6.03 Å². The molecule has 0 radical (unpaired) electrons. The molecule has 3 nitrogen and oxygen atoms in total. The van der Waals surface area contributed by atoms with E-state index in [1.54, 1.807) is 0 Å². The first-order chi connectivity index (χ1) is 10.2. The number of hydrogen-bond acceptors (Lipinski definition) is 1. The number of fused-ring (bicyclic) bond motifs is 2. The highest BCUT2D eigenvalue weighted by molar-refractivity contribution is 5.89. The monoisotopic (exact) mass is 282 g/mol. The number of benzene rings is 1. The van der Waals surface area contributed by atoms with E-state index in [4.69, 9.17) is 0 Å². The number of carbonyl (C=O) groups excluding carboxylic acids is 1. The second-order valence-corrected chi connectivity index (χ2v) is 7.75. The summed E-state index contributed by atoms with van der Waals surface area (Å²) in [5.41, 5.74) is 1.60. The molecule has 3 bridgehead atoms. The Morgan fingerprint density at radius 3 is 2.33 bits per heavy atom. The van der Waals surface area contributed by atoms with Gasteiger partial charge in [-0.15, -0.1) is 0 Å². The normalized spacial score (nSPS) is 45.0. The first-order valence-corrected chi connectivity index (χ1v) is 8.37. The molecular formula is C18H22N2O. The summed E-state index contributed by atoms with van der Waals surface area (Å²) in [7, 11) is 0. The molecule has 2 amide bonds.